The van der Waals surface area contributed by atoms with Crippen LogP contribution in [0.1, 0.15) is 13.8 Å². The number of carbonyl (C=O) groups is 3. The van der Waals surface area contributed by atoms with E-state index in [0.717, 1.165) is 0 Å². The smallest absolute Gasteiger partial charge is 0.309 e. The summed E-state index contributed by atoms with van der Waals surface area (Å²) in [5, 5.41) is 6.92. The normalized spacial score (nSPS) is 10.9. The molecule has 29 heavy (non-hydrogen) atoms. The number of rotatable bonds is 10. The number of benzene rings is 1. The molecule has 160 valence electrons. The summed E-state index contributed by atoms with van der Waals surface area (Å²) in [5.41, 5.74) is 0.121. The second-order valence-electron chi connectivity index (χ2n) is 5.68. The summed E-state index contributed by atoms with van der Waals surface area (Å²) in [6.07, 6.45) is 1.41. The average molecular weight is 426 g/mol. The molecule has 0 fully saturated rings. The van der Waals surface area contributed by atoms with Gasteiger partial charge in [0, 0.05) is 19.6 Å². The van der Waals surface area contributed by atoms with Gasteiger partial charge in [0.05, 0.1) is 24.2 Å². The van der Waals surface area contributed by atoms with Gasteiger partial charge in [-0.05, 0) is 18.2 Å². The molecule has 0 unspecified atom stereocenters. The maximum absolute atomic E-state index is 12.7. The van der Waals surface area contributed by atoms with Gasteiger partial charge in [0.1, 0.15) is 5.75 Å². The SMILES string of the molecule is C=CCNC(=O)C(=O)NCC(=O)Nc1cc(S(=O)(=O)N(CC)CC)ccc1OC. The highest BCUT2D eigenvalue weighted by atomic mass is 32.2. The van der Waals surface area contributed by atoms with Crippen LogP contribution < -0.4 is 20.7 Å². The highest BCUT2D eigenvalue weighted by Crippen LogP contribution is 2.28. The highest BCUT2D eigenvalue weighted by Gasteiger charge is 2.23. The molecule has 0 atom stereocenters. The molecule has 0 aliphatic heterocycles. The Labute approximate surface area is 170 Å². The molecule has 0 saturated heterocycles. The maximum Gasteiger partial charge on any atom is 0.309 e. The number of sulfonamides is 1. The summed E-state index contributed by atoms with van der Waals surface area (Å²) in [7, 11) is -2.36. The van der Waals surface area contributed by atoms with Gasteiger partial charge in [-0.25, -0.2) is 8.42 Å². The van der Waals surface area contributed by atoms with Crippen molar-refractivity contribution in [1.82, 2.24) is 14.9 Å². The number of hydrogen-bond donors (Lipinski definition) is 3. The molecule has 0 aromatic heterocycles. The van der Waals surface area contributed by atoms with Gasteiger partial charge in [-0.1, -0.05) is 19.9 Å². The molecule has 0 radical (unpaired) electrons. The number of ether oxygens (including phenoxy) is 1. The van der Waals surface area contributed by atoms with Gasteiger partial charge < -0.3 is 20.7 Å². The first-order valence-electron chi connectivity index (χ1n) is 8.86. The molecule has 10 nitrogen and oxygen atoms in total. The quantitative estimate of drug-likeness (QED) is 0.358. The number of nitrogens with one attached hydrogen (secondary N) is 3. The predicted molar refractivity (Wildman–Crippen MR) is 108 cm³/mol. The lowest BCUT2D eigenvalue weighted by atomic mass is 10.3. The molecule has 1 aromatic rings. The van der Waals surface area contributed by atoms with E-state index in [-0.39, 0.29) is 22.9 Å². The Hall–Kier alpha value is -2.92. The van der Waals surface area contributed by atoms with Crippen LogP contribution in [0.3, 0.4) is 0 Å². The molecule has 3 N–H and O–H groups in total. The lowest BCUT2D eigenvalue weighted by molar-refractivity contribution is -0.139. The van der Waals surface area contributed by atoms with Gasteiger partial charge in [0.2, 0.25) is 15.9 Å². The van der Waals surface area contributed by atoms with Crippen molar-refractivity contribution in [3.8, 4) is 5.75 Å². The zero-order valence-corrected chi connectivity index (χ0v) is 17.5. The summed E-state index contributed by atoms with van der Waals surface area (Å²) in [4.78, 5) is 35.2. The van der Waals surface area contributed by atoms with Crippen LogP contribution in [0.25, 0.3) is 0 Å². The van der Waals surface area contributed by atoms with E-state index >= 15 is 0 Å². The first-order chi connectivity index (χ1) is 13.7. The zero-order valence-electron chi connectivity index (χ0n) is 16.6. The van der Waals surface area contributed by atoms with Crippen molar-refractivity contribution in [3.05, 3.63) is 30.9 Å². The minimum absolute atomic E-state index is 0.00913. The van der Waals surface area contributed by atoms with Gasteiger partial charge in [-0.3, -0.25) is 14.4 Å². The van der Waals surface area contributed by atoms with Gasteiger partial charge >= 0.3 is 11.8 Å². The van der Waals surface area contributed by atoms with Gasteiger partial charge in [0.15, 0.2) is 0 Å². The van der Waals surface area contributed by atoms with Gasteiger partial charge in [-0.15, -0.1) is 6.58 Å². The monoisotopic (exact) mass is 426 g/mol. The fourth-order valence-corrected chi connectivity index (χ4v) is 3.82. The first kappa shape index (κ1) is 24.1. The Morgan fingerprint density at radius 2 is 1.76 bits per heavy atom. The van der Waals surface area contributed by atoms with Crippen LogP contribution in [0, 0.1) is 0 Å². The van der Waals surface area contributed by atoms with E-state index in [1.54, 1.807) is 13.8 Å². The third kappa shape index (κ3) is 6.57. The van der Waals surface area contributed by atoms with E-state index in [1.165, 1.54) is 35.7 Å². The largest absolute Gasteiger partial charge is 0.495 e. The van der Waals surface area contributed by atoms with Crippen LogP contribution in [-0.4, -0.2) is 63.7 Å². The van der Waals surface area contributed by atoms with Crippen molar-refractivity contribution in [3.63, 3.8) is 0 Å². The summed E-state index contributed by atoms with van der Waals surface area (Å²) in [6, 6.07) is 4.09. The first-order valence-corrected chi connectivity index (χ1v) is 10.3. The van der Waals surface area contributed by atoms with E-state index in [4.69, 9.17) is 4.74 Å². The van der Waals surface area contributed by atoms with Crippen LogP contribution in [0.2, 0.25) is 0 Å². The lowest BCUT2D eigenvalue weighted by Gasteiger charge is -2.19. The van der Waals surface area contributed by atoms with Crippen LogP contribution in [0.4, 0.5) is 5.69 Å². The van der Waals surface area contributed by atoms with Crippen molar-refractivity contribution in [2.45, 2.75) is 18.7 Å². The summed E-state index contributed by atoms with van der Waals surface area (Å²) < 4.78 is 31.8. The molecular weight excluding hydrogens is 400 g/mol. The van der Waals surface area contributed by atoms with E-state index in [9.17, 15) is 22.8 Å². The second kappa shape index (κ2) is 11.2. The zero-order chi connectivity index (χ0) is 22.0. The Morgan fingerprint density at radius 3 is 2.31 bits per heavy atom. The van der Waals surface area contributed by atoms with Crippen molar-refractivity contribution in [1.29, 1.82) is 0 Å². The molecule has 0 aliphatic rings. The third-order valence-electron chi connectivity index (χ3n) is 3.81. The molecule has 0 aliphatic carbocycles. The molecule has 0 saturated carbocycles. The molecule has 1 aromatic carbocycles. The standard InChI is InChI=1S/C18H26N4O6S/c1-5-10-19-17(24)18(25)20-12-16(23)21-14-11-13(8-9-15(14)28-4)29(26,27)22(6-2)7-3/h5,8-9,11H,1,6-7,10,12H2,2-4H3,(H,19,24)(H,20,25)(H,21,23). The minimum atomic E-state index is -3.73. The number of carbonyl (C=O) groups excluding carboxylic acids is 3. The maximum atomic E-state index is 12.7. The van der Waals surface area contributed by atoms with Gasteiger partial charge in [-0.2, -0.15) is 4.31 Å². The highest BCUT2D eigenvalue weighted by molar-refractivity contribution is 7.89. The topological polar surface area (TPSA) is 134 Å². The van der Waals surface area contributed by atoms with Crippen molar-refractivity contribution >= 4 is 33.4 Å². The molecule has 0 bridgehead atoms. The van der Waals surface area contributed by atoms with Crippen LogP contribution >= 0.6 is 0 Å². The van der Waals surface area contributed by atoms with E-state index in [1.807, 2.05) is 0 Å². The lowest BCUT2D eigenvalue weighted by Crippen LogP contribution is -2.42. The fraction of sp³-hybridized carbons (Fsp3) is 0.389. The van der Waals surface area contributed by atoms with Crippen LogP contribution in [0.15, 0.2) is 35.7 Å². The van der Waals surface area contributed by atoms with E-state index in [0.29, 0.717) is 13.1 Å². The Morgan fingerprint density at radius 1 is 1.14 bits per heavy atom. The number of nitrogens with zero attached hydrogens (tertiary/aromatic N) is 1. The number of amides is 3. The Balaban J connectivity index is 2.92. The fourth-order valence-electron chi connectivity index (χ4n) is 2.34. The molecule has 11 heteroatoms. The van der Waals surface area contributed by atoms with Crippen LogP contribution in [-0.2, 0) is 24.4 Å². The molecule has 0 heterocycles. The third-order valence-corrected chi connectivity index (χ3v) is 5.86. The van der Waals surface area contributed by atoms with Crippen molar-refractivity contribution in [2.75, 3.05) is 38.6 Å². The van der Waals surface area contributed by atoms with Crippen molar-refractivity contribution in [2.24, 2.45) is 0 Å². The number of methoxy groups -OCH3 is 1. The average Bonchev–Trinajstić information content (AvgIpc) is 2.70. The number of anilines is 1. The summed E-state index contributed by atoms with van der Waals surface area (Å²) >= 11 is 0. The van der Waals surface area contributed by atoms with Crippen LogP contribution in [0.5, 0.6) is 5.75 Å². The minimum Gasteiger partial charge on any atom is -0.495 e. The second-order valence-corrected chi connectivity index (χ2v) is 7.62. The van der Waals surface area contributed by atoms with Crippen molar-refractivity contribution < 1.29 is 27.5 Å². The molecule has 3 amide bonds. The predicted octanol–water partition coefficient (Wildman–Crippen LogP) is 0.0826. The van der Waals surface area contributed by atoms with E-state index < -0.39 is 34.3 Å². The summed E-state index contributed by atoms with van der Waals surface area (Å²) in [5.74, 6) is -2.30. The Bertz CT molecular complexity index is 865. The van der Waals surface area contributed by atoms with Gasteiger partial charge in [0.25, 0.3) is 0 Å². The molecule has 0 spiro atoms. The summed E-state index contributed by atoms with van der Waals surface area (Å²) in [6.45, 7) is 7.08. The molecular formula is C18H26N4O6S. The van der Waals surface area contributed by atoms with E-state index in [2.05, 4.69) is 22.5 Å². The molecule has 1 rings (SSSR count). The number of hydrogen-bond acceptors (Lipinski definition) is 6. The Kier molecular flexibility index (Phi) is 9.29.